The first-order chi connectivity index (χ1) is 8.64. The van der Waals surface area contributed by atoms with Crippen molar-refractivity contribution in [2.45, 2.75) is 51.3 Å². The second-order valence-electron chi connectivity index (χ2n) is 6.24. The summed E-state index contributed by atoms with van der Waals surface area (Å²) in [5.74, 6) is 0. The average molecular weight is 272 g/mol. The van der Waals surface area contributed by atoms with Crippen molar-refractivity contribution in [3.63, 3.8) is 0 Å². The van der Waals surface area contributed by atoms with Gasteiger partial charge in [0.1, 0.15) is 0 Å². The Morgan fingerprint density at radius 1 is 1.00 bits per heavy atom. The lowest BCUT2D eigenvalue weighted by atomic mass is 9.68. The van der Waals surface area contributed by atoms with Crippen molar-refractivity contribution in [1.29, 1.82) is 0 Å². The molecule has 0 radical (unpaired) electrons. The van der Waals surface area contributed by atoms with Gasteiger partial charge < -0.3 is 5.11 Å². The van der Waals surface area contributed by atoms with E-state index in [-0.39, 0.29) is 11.0 Å². The molecule has 1 nitrogen and oxygen atoms in total. The Morgan fingerprint density at radius 3 is 2.05 bits per heavy atom. The molecule has 0 unspecified atom stereocenters. The number of rotatable bonds is 1. The molecule has 1 aliphatic rings. The largest absolute Gasteiger partial charge is 0.416 e. The smallest absolute Gasteiger partial charge is 0.385 e. The van der Waals surface area contributed by atoms with E-state index in [0.29, 0.717) is 12.8 Å². The molecule has 0 spiro atoms. The Balaban J connectivity index is 2.37. The van der Waals surface area contributed by atoms with E-state index >= 15 is 0 Å². The molecule has 0 bridgehead atoms. The summed E-state index contributed by atoms with van der Waals surface area (Å²) in [5.41, 5.74) is -1.93. The van der Waals surface area contributed by atoms with Gasteiger partial charge in [0.25, 0.3) is 0 Å². The molecule has 0 aliphatic heterocycles. The maximum Gasteiger partial charge on any atom is 0.416 e. The Hall–Kier alpha value is -1.03. The first-order valence-electron chi connectivity index (χ1n) is 6.53. The maximum absolute atomic E-state index is 13.0. The summed E-state index contributed by atoms with van der Waals surface area (Å²) in [4.78, 5) is 0. The molecule has 0 atom stereocenters. The molecule has 1 aromatic rings. The Morgan fingerprint density at radius 2 is 1.53 bits per heavy atom. The molecule has 1 N–H and O–H groups in total. The van der Waals surface area contributed by atoms with Gasteiger partial charge >= 0.3 is 6.18 Å². The minimum atomic E-state index is -4.42. The third-order valence-corrected chi connectivity index (χ3v) is 4.16. The lowest BCUT2D eigenvalue weighted by molar-refractivity contribution is -0.142. The third kappa shape index (κ3) is 2.94. The highest BCUT2D eigenvalue weighted by molar-refractivity contribution is 5.35. The zero-order chi connectivity index (χ0) is 14.3. The first-order valence-corrected chi connectivity index (χ1v) is 6.53. The summed E-state index contributed by atoms with van der Waals surface area (Å²) in [6, 6.07) is 5.37. The summed E-state index contributed by atoms with van der Waals surface area (Å²) >= 11 is 0. The second kappa shape index (κ2) is 4.51. The molecular weight excluding hydrogens is 253 g/mol. The molecule has 0 heterocycles. The van der Waals surface area contributed by atoms with Crippen LogP contribution in [0.25, 0.3) is 0 Å². The molecular formula is C15H19F3O. The number of aliphatic hydroxyl groups is 1. The van der Waals surface area contributed by atoms with Crippen LogP contribution in [0.3, 0.4) is 0 Å². The van der Waals surface area contributed by atoms with Crippen LogP contribution in [0.2, 0.25) is 0 Å². The van der Waals surface area contributed by atoms with Gasteiger partial charge in [-0.1, -0.05) is 32.0 Å². The lowest BCUT2D eigenvalue weighted by Gasteiger charge is -2.41. The van der Waals surface area contributed by atoms with Crippen LogP contribution in [-0.2, 0) is 11.8 Å². The number of hydrogen-bond donors (Lipinski definition) is 1. The monoisotopic (exact) mass is 272 g/mol. The molecule has 106 valence electrons. The predicted molar refractivity (Wildman–Crippen MR) is 67.6 cm³/mol. The standard InChI is InChI=1S/C15H19F3O/c1-13(2)7-9-14(19,10-8-13)11-5-3-4-6-12(11)15(16,17)18/h3-6,19H,7-10H2,1-2H3. The Kier molecular flexibility index (Phi) is 3.42. The summed E-state index contributed by atoms with van der Waals surface area (Å²) in [6.07, 6.45) is -2.19. The van der Waals surface area contributed by atoms with Crippen molar-refractivity contribution in [3.05, 3.63) is 35.4 Å². The van der Waals surface area contributed by atoms with E-state index in [1.54, 1.807) is 6.07 Å². The zero-order valence-electron chi connectivity index (χ0n) is 11.2. The van der Waals surface area contributed by atoms with Gasteiger partial charge in [-0.15, -0.1) is 0 Å². The van der Waals surface area contributed by atoms with Crippen molar-refractivity contribution in [1.82, 2.24) is 0 Å². The molecule has 0 aromatic heterocycles. The highest BCUT2D eigenvalue weighted by Crippen LogP contribution is 2.47. The van der Waals surface area contributed by atoms with Gasteiger partial charge in [-0.2, -0.15) is 13.2 Å². The molecule has 19 heavy (non-hydrogen) atoms. The van der Waals surface area contributed by atoms with Crippen molar-refractivity contribution in [2.75, 3.05) is 0 Å². The first kappa shape index (κ1) is 14.4. The molecule has 0 saturated heterocycles. The van der Waals surface area contributed by atoms with E-state index in [2.05, 4.69) is 13.8 Å². The fourth-order valence-electron chi connectivity index (χ4n) is 2.75. The van der Waals surface area contributed by atoms with Gasteiger partial charge in [0.2, 0.25) is 0 Å². The molecule has 1 fully saturated rings. The Bertz CT molecular complexity index is 453. The fourth-order valence-corrected chi connectivity index (χ4v) is 2.75. The van der Waals surface area contributed by atoms with Crippen molar-refractivity contribution in [2.24, 2.45) is 5.41 Å². The van der Waals surface area contributed by atoms with E-state index < -0.39 is 17.3 Å². The molecule has 1 aliphatic carbocycles. The van der Waals surface area contributed by atoms with Gasteiger partial charge in [0.15, 0.2) is 0 Å². The topological polar surface area (TPSA) is 20.2 Å². The van der Waals surface area contributed by atoms with Crippen LogP contribution in [-0.4, -0.2) is 5.11 Å². The third-order valence-electron chi connectivity index (χ3n) is 4.16. The lowest BCUT2D eigenvalue weighted by Crippen LogP contribution is -2.36. The minimum Gasteiger partial charge on any atom is -0.385 e. The van der Waals surface area contributed by atoms with Crippen molar-refractivity contribution >= 4 is 0 Å². The van der Waals surface area contributed by atoms with Gasteiger partial charge in [-0.25, -0.2) is 0 Å². The van der Waals surface area contributed by atoms with E-state index in [1.165, 1.54) is 12.1 Å². The van der Waals surface area contributed by atoms with Gasteiger partial charge in [-0.05, 0) is 42.7 Å². The highest BCUT2D eigenvalue weighted by atomic mass is 19.4. The van der Waals surface area contributed by atoms with Crippen LogP contribution in [0.4, 0.5) is 13.2 Å². The summed E-state index contributed by atoms with van der Waals surface area (Å²) in [7, 11) is 0. The van der Waals surface area contributed by atoms with Gasteiger partial charge in [-0.3, -0.25) is 0 Å². The molecule has 4 heteroatoms. The van der Waals surface area contributed by atoms with Crippen LogP contribution in [0.15, 0.2) is 24.3 Å². The summed E-state index contributed by atoms with van der Waals surface area (Å²) in [6.45, 7) is 4.17. The van der Waals surface area contributed by atoms with Crippen molar-refractivity contribution < 1.29 is 18.3 Å². The number of benzene rings is 1. The predicted octanol–water partition coefficient (Wildman–Crippen LogP) is 4.49. The van der Waals surface area contributed by atoms with Crippen LogP contribution < -0.4 is 0 Å². The number of hydrogen-bond acceptors (Lipinski definition) is 1. The fraction of sp³-hybridized carbons (Fsp3) is 0.600. The normalized spacial score (nSPS) is 22.2. The van der Waals surface area contributed by atoms with E-state index in [9.17, 15) is 18.3 Å². The van der Waals surface area contributed by atoms with E-state index in [0.717, 1.165) is 18.9 Å². The number of halogens is 3. The highest BCUT2D eigenvalue weighted by Gasteiger charge is 2.43. The average Bonchev–Trinajstić information content (AvgIpc) is 2.32. The Labute approximate surface area is 111 Å². The summed E-state index contributed by atoms with van der Waals surface area (Å²) < 4.78 is 39.0. The van der Waals surface area contributed by atoms with Crippen LogP contribution in [0.5, 0.6) is 0 Å². The van der Waals surface area contributed by atoms with Crippen LogP contribution in [0, 0.1) is 5.41 Å². The summed E-state index contributed by atoms with van der Waals surface area (Å²) in [5, 5.41) is 10.6. The maximum atomic E-state index is 13.0. The van der Waals surface area contributed by atoms with Crippen LogP contribution in [0.1, 0.15) is 50.7 Å². The zero-order valence-corrected chi connectivity index (χ0v) is 11.2. The molecule has 0 amide bonds. The van der Waals surface area contributed by atoms with Crippen LogP contribution >= 0.6 is 0 Å². The minimum absolute atomic E-state index is 0.0259. The van der Waals surface area contributed by atoms with Gasteiger partial charge in [0, 0.05) is 0 Å². The van der Waals surface area contributed by atoms with E-state index in [1.807, 2.05) is 0 Å². The molecule has 1 aromatic carbocycles. The quantitative estimate of drug-likeness (QED) is 0.798. The molecule has 2 rings (SSSR count). The van der Waals surface area contributed by atoms with Gasteiger partial charge in [0.05, 0.1) is 11.2 Å². The van der Waals surface area contributed by atoms with E-state index in [4.69, 9.17) is 0 Å². The second-order valence-corrected chi connectivity index (χ2v) is 6.24. The number of alkyl halides is 3. The molecule has 1 saturated carbocycles. The SMILES string of the molecule is CC1(C)CCC(O)(c2ccccc2C(F)(F)F)CC1. The van der Waals surface area contributed by atoms with Crippen molar-refractivity contribution in [3.8, 4) is 0 Å².